The molecule has 4 heterocycles. The summed E-state index contributed by atoms with van der Waals surface area (Å²) in [5.74, 6) is -0.220. The van der Waals surface area contributed by atoms with Crippen LogP contribution >= 0.6 is 0 Å². The maximum Gasteiger partial charge on any atom is 0.123 e. The zero-order chi connectivity index (χ0) is 17.5. The Balaban J connectivity index is 1.69. The van der Waals surface area contributed by atoms with Crippen molar-refractivity contribution in [3.8, 4) is 22.4 Å². The first-order chi connectivity index (χ1) is 12.8. The third-order valence-corrected chi connectivity index (χ3v) is 5.47. The summed E-state index contributed by atoms with van der Waals surface area (Å²) in [5.41, 5.74) is 6.91. The van der Waals surface area contributed by atoms with E-state index in [1.807, 2.05) is 36.7 Å². The Labute approximate surface area is 152 Å². The number of fused-ring (bicyclic) bond motifs is 2. The second-order valence-corrected chi connectivity index (χ2v) is 7.07. The van der Waals surface area contributed by atoms with Crippen LogP contribution in [0.1, 0.15) is 24.8 Å². The van der Waals surface area contributed by atoms with Gasteiger partial charge in [0.15, 0.2) is 0 Å². The highest BCUT2D eigenvalue weighted by Gasteiger charge is 2.32. The van der Waals surface area contributed by atoms with Crippen LogP contribution < -0.4 is 5.32 Å². The molecule has 3 nitrogen and oxygen atoms in total. The topological polar surface area (TPSA) is 40.7 Å². The summed E-state index contributed by atoms with van der Waals surface area (Å²) in [6, 6.07) is 11.7. The van der Waals surface area contributed by atoms with Gasteiger partial charge in [0.25, 0.3) is 0 Å². The molecule has 1 aromatic carbocycles. The van der Waals surface area contributed by atoms with Gasteiger partial charge < -0.3 is 10.3 Å². The van der Waals surface area contributed by atoms with E-state index < -0.39 is 0 Å². The highest BCUT2D eigenvalue weighted by atomic mass is 19.1. The smallest absolute Gasteiger partial charge is 0.123 e. The zero-order valence-electron chi connectivity index (χ0n) is 14.4. The Morgan fingerprint density at radius 2 is 1.77 bits per heavy atom. The van der Waals surface area contributed by atoms with Crippen LogP contribution in [0.2, 0.25) is 0 Å². The molecule has 0 radical (unpaired) electrons. The fourth-order valence-electron chi connectivity index (χ4n) is 4.27. The maximum atomic E-state index is 13.4. The van der Waals surface area contributed by atoms with Crippen molar-refractivity contribution in [2.24, 2.45) is 0 Å². The molecule has 3 aromatic rings. The summed E-state index contributed by atoms with van der Waals surface area (Å²) in [4.78, 5) is 7.62. The minimum Gasteiger partial charge on any atom is -0.360 e. The number of halogens is 1. The van der Waals surface area contributed by atoms with Gasteiger partial charge in [0.05, 0.1) is 5.69 Å². The average Bonchev–Trinajstić information content (AvgIpc) is 3.23. The predicted octanol–water partition coefficient (Wildman–Crippen LogP) is 4.79. The summed E-state index contributed by atoms with van der Waals surface area (Å²) in [5, 5.41) is 3.71. The van der Waals surface area contributed by atoms with Crippen LogP contribution in [0.3, 0.4) is 0 Å². The van der Waals surface area contributed by atoms with Crippen LogP contribution in [0.15, 0.2) is 61.1 Å². The van der Waals surface area contributed by atoms with Gasteiger partial charge in [0, 0.05) is 41.8 Å². The number of rotatable bonds is 3. The Morgan fingerprint density at radius 1 is 0.962 bits per heavy atom. The number of piperidine rings is 1. The lowest BCUT2D eigenvalue weighted by Gasteiger charge is -2.23. The first-order valence-corrected chi connectivity index (χ1v) is 9.15. The molecule has 2 bridgehead atoms. The van der Waals surface area contributed by atoms with Gasteiger partial charge in [-0.3, -0.25) is 4.98 Å². The van der Waals surface area contributed by atoms with Gasteiger partial charge >= 0.3 is 0 Å². The fourth-order valence-corrected chi connectivity index (χ4v) is 4.27. The first kappa shape index (κ1) is 15.5. The molecule has 2 atom stereocenters. The van der Waals surface area contributed by atoms with E-state index in [0.29, 0.717) is 12.1 Å². The van der Waals surface area contributed by atoms with Crippen molar-refractivity contribution in [1.29, 1.82) is 0 Å². The van der Waals surface area contributed by atoms with Gasteiger partial charge in [-0.25, -0.2) is 4.39 Å². The molecule has 0 unspecified atom stereocenters. The van der Waals surface area contributed by atoms with E-state index in [1.54, 1.807) is 0 Å². The van der Waals surface area contributed by atoms with Gasteiger partial charge in [-0.2, -0.15) is 0 Å². The third kappa shape index (κ3) is 2.58. The van der Waals surface area contributed by atoms with Crippen LogP contribution in [0, 0.1) is 5.82 Å². The lowest BCUT2D eigenvalue weighted by molar-refractivity contribution is 0.431. The maximum absolute atomic E-state index is 13.4. The Kier molecular flexibility index (Phi) is 3.71. The van der Waals surface area contributed by atoms with E-state index in [4.69, 9.17) is 0 Å². The van der Waals surface area contributed by atoms with Gasteiger partial charge in [-0.05, 0) is 72.4 Å². The highest BCUT2D eigenvalue weighted by molar-refractivity contribution is 5.92. The largest absolute Gasteiger partial charge is 0.360 e. The molecule has 1 fully saturated rings. The van der Waals surface area contributed by atoms with Gasteiger partial charge in [0.1, 0.15) is 5.82 Å². The van der Waals surface area contributed by atoms with Gasteiger partial charge in [0.2, 0.25) is 0 Å². The molecule has 5 rings (SSSR count). The van der Waals surface area contributed by atoms with Crippen LogP contribution in [0.4, 0.5) is 4.39 Å². The van der Waals surface area contributed by atoms with Crippen molar-refractivity contribution in [2.75, 3.05) is 0 Å². The van der Waals surface area contributed by atoms with Crippen LogP contribution in [-0.2, 0) is 0 Å². The van der Waals surface area contributed by atoms with Gasteiger partial charge in [-0.15, -0.1) is 0 Å². The number of aromatic amines is 1. The summed E-state index contributed by atoms with van der Waals surface area (Å²) < 4.78 is 13.4. The molecule has 0 aliphatic carbocycles. The predicted molar refractivity (Wildman–Crippen MR) is 102 cm³/mol. The molecule has 1 saturated heterocycles. The number of aromatic nitrogens is 2. The molecule has 0 amide bonds. The third-order valence-electron chi connectivity index (χ3n) is 5.47. The molecule has 2 aromatic heterocycles. The lowest BCUT2D eigenvalue weighted by Crippen LogP contribution is -2.35. The monoisotopic (exact) mass is 345 g/mol. The Bertz CT molecular complexity index is 957. The average molecular weight is 345 g/mol. The molecular formula is C22H20FN3. The van der Waals surface area contributed by atoms with Crippen molar-refractivity contribution in [3.63, 3.8) is 0 Å². The summed E-state index contributed by atoms with van der Waals surface area (Å²) in [7, 11) is 0. The van der Waals surface area contributed by atoms with E-state index in [-0.39, 0.29) is 5.82 Å². The molecule has 4 heteroatoms. The SMILES string of the molecule is Fc1ccc(-c2[nH]cc(C3=C[C@H]4CCC[C@@H]3N4)c2-c2ccncc2)cc1. The molecule has 130 valence electrons. The normalized spacial score (nSPS) is 21.7. The van der Waals surface area contributed by atoms with Gasteiger partial charge in [-0.1, -0.05) is 6.08 Å². The Morgan fingerprint density at radius 3 is 2.54 bits per heavy atom. The van der Waals surface area contributed by atoms with E-state index in [1.165, 1.54) is 48.1 Å². The molecule has 2 aliphatic heterocycles. The number of nitrogens with zero attached hydrogens (tertiary/aromatic N) is 1. The Hall–Kier alpha value is -2.72. The second kappa shape index (κ2) is 6.22. The fraction of sp³-hybridized carbons (Fsp3) is 0.227. The number of hydrogen-bond acceptors (Lipinski definition) is 2. The number of hydrogen-bond donors (Lipinski definition) is 2. The van der Waals surface area contributed by atoms with Crippen molar-refractivity contribution in [1.82, 2.24) is 15.3 Å². The van der Waals surface area contributed by atoms with E-state index >= 15 is 0 Å². The first-order valence-electron chi connectivity index (χ1n) is 9.15. The molecule has 2 N–H and O–H groups in total. The molecule has 26 heavy (non-hydrogen) atoms. The van der Waals surface area contributed by atoms with E-state index in [2.05, 4.69) is 27.6 Å². The quantitative estimate of drug-likeness (QED) is 0.716. The zero-order valence-corrected chi connectivity index (χ0v) is 14.4. The van der Waals surface area contributed by atoms with Crippen LogP contribution in [-0.4, -0.2) is 22.1 Å². The lowest BCUT2D eigenvalue weighted by atomic mass is 9.91. The second-order valence-electron chi connectivity index (χ2n) is 7.07. The van der Waals surface area contributed by atoms with Crippen LogP contribution in [0.5, 0.6) is 0 Å². The van der Waals surface area contributed by atoms with Crippen LogP contribution in [0.25, 0.3) is 28.0 Å². The molecule has 2 aliphatic rings. The standard InChI is InChI=1S/C22H20FN3/c23-16-6-4-15(5-7-16)22-21(14-8-10-24-11-9-14)19(13-25-22)18-12-17-2-1-3-20(18)26-17/h4-13,17,20,25-26H,1-3H2/t17-,20+/m1/s1. The van der Waals surface area contributed by atoms with Crippen molar-refractivity contribution >= 4 is 5.57 Å². The summed E-state index contributed by atoms with van der Waals surface area (Å²) >= 11 is 0. The minimum atomic E-state index is -0.220. The number of pyridine rings is 1. The van der Waals surface area contributed by atoms with E-state index in [0.717, 1.165) is 16.8 Å². The number of nitrogens with one attached hydrogen (secondary N) is 2. The van der Waals surface area contributed by atoms with E-state index in [9.17, 15) is 4.39 Å². The number of benzene rings is 1. The summed E-state index contributed by atoms with van der Waals surface area (Å²) in [6.07, 6.45) is 11.8. The van der Waals surface area contributed by atoms with Crippen molar-refractivity contribution in [2.45, 2.75) is 31.3 Å². The molecule has 0 saturated carbocycles. The summed E-state index contributed by atoms with van der Waals surface area (Å²) in [6.45, 7) is 0. The van der Waals surface area contributed by atoms with Crippen molar-refractivity contribution < 1.29 is 4.39 Å². The molecular weight excluding hydrogens is 325 g/mol. The highest BCUT2D eigenvalue weighted by Crippen LogP contribution is 2.42. The number of H-pyrrole nitrogens is 1. The molecule has 0 spiro atoms. The minimum absolute atomic E-state index is 0.220. The van der Waals surface area contributed by atoms with Crippen molar-refractivity contribution in [3.05, 3.63) is 72.4 Å².